The molecule has 0 aliphatic heterocycles. The van der Waals surface area contributed by atoms with Crippen LogP contribution in [0.25, 0.3) is 0 Å². The number of aryl methyl sites for hydroxylation is 3. The van der Waals surface area contributed by atoms with Gasteiger partial charge in [-0.15, -0.1) is 11.6 Å². The summed E-state index contributed by atoms with van der Waals surface area (Å²) in [6, 6.07) is 9.66. The molecule has 0 radical (unpaired) electrons. The molecule has 0 aliphatic carbocycles. The van der Waals surface area contributed by atoms with Gasteiger partial charge >= 0.3 is 0 Å². The molecule has 0 nitrogen and oxygen atoms in total. The van der Waals surface area contributed by atoms with E-state index in [0.717, 1.165) is 21.2 Å². The average Bonchev–Trinajstić information content (AvgIpc) is 2.34. The van der Waals surface area contributed by atoms with Gasteiger partial charge in [-0.3, -0.25) is 0 Å². The van der Waals surface area contributed by atoms with Crippen molar-refractivity contribution < 1.29 is 4.39 Å². The highest BCUT2D eigenvalue weighted by Gasteiger charge is 2.15. The highest BCUT2D eigenvalue weighted by atomic mass is 79.9. The number of benzene rings is 2. The first kappa shape index (κ1) is 14.5. The van der Waals surface area contributed by atoms with Gasteiger partial charge in [0.2, 0.25) is 0 Å². The Balaban J connectivity index is 2.47. The fraction of sp³-hybridized carbons (Fsp3) is 0.250. The predicted molar refractivity (Wildman–Crippen MR) is 82.4 cm³/mol. The molecular weight excluding hydrogens is 327 g/mol. The molecule has 0 saturated carbocycles. The quantitative estimate of drug-likeness (QED) is 0.602. The fourth-order valence-corrected chi connectivity index (χ4v) is 3.08. The predicted octanol–water partition coefficient (Wildman–Crippen LogP) is 5.84. The Kier molecular flexibility index (Phi) is 4.32. The van der Waals surface area contributed by atoms with Crippen LogP contribution in [0.4, 0.5) is 4.39 Å². The van der Waals surface area contributed by atoms with Crippen molar-refractivity contribution in [2.45, 2.75) is 26.1 Å². The summed E-state index contributed by atoms with van der Waals surface area (Å²) in [7, 11) is 0. The molecule has 100 valence electrons. The molecule has 3 heteroatoms. The van der Waals surface area contributed by atoms with Crippen molar-refractivity contribution in [2.24, 2.45) is 0 Å². The Hall–Kier alpha value is -0.860. The topological polar surface area (TPSA) is 0 Å². The molecular formula is C16H15BrClF. The van der Waals surface area contributed by atoms with Crippen LogP contribution in [0.5, 0.6) is 0 Å². The van der Waals surface area contributed by atoms with Gasteiger partial charge in [-0.1, -0.05) is 34.1 Å². The van der Waals surface area contributed by atoms with Crippen LogP contribution in [0.15, 0.2) is 34.8 Å². The molecule has 2 aromatic carbocycles. The second-order valence-electron chi connectivity index (χ2n) is 4.83. The normalized spacial score (nSPS) is 12.5. The van der Waals surface area contributed by atoms with Crippen LogP contribution in [-0.4, -0.2) is 0 Å². The van der Waals surface area contributed by atoms with E-state index < -0.39 is 0 Å². The number of hydrogen-bond donors (Lipinski definition) is 0. The SMILES string of the molecule is Cc1cc(Br)ccc1C(Cl)c1cc(C)c(F)c(C)c1. The second kappa shape index (κ2) is 5.64. The van der Waals surface area contributed by atoms with Crippen LogP contribution in [0, 0.1) is 26.6 Å². The number of halogens is 3. The Morgan fingerprint density at radius 1 is 1.00 bits per heavy atom. The molecule has 2 rings (SSSR count). The summed E-state index contributed by atoms with van der Waals surface area (Å²) in [5, 5.41) is -0.258. The van der Waals surface area contributed by atoms with Crippen molar-refractivity contribution in [3.05, 3.63) is 68.4 Å². The van der Waals surface area contributed by atoms with Crippen molar-refractivity contribution in [3.8, 4) is 0 Å². The second-order valence-corrected chi connectivity index (χ2v) is 6.18. The molecule has 0 aliphatic rings. The average molecular weight is 342 g/mol. The van der Waals surface area contributed by atoms with E-state index in [4.69, 9.17) is 11.6 Å². The van der Waals surface area contributed by atoms with Gasteiger partial charge in [-0.05, 0) is 60.7 Å². The lowest BCUT2D eigenvalue weighted by atomic mass is 9.97. The van der Waals surface area contributed by atoms with Gasteiger partial charge in [0.1, 0.15) is 5.82 Å². The summed E-state index contributed by atoms with van der Waals surface area (Å²) in [5.41, 5.74) is 4.37. The molecule has 0 aromatic heterocycles. The van der Waals surface area contributed by atoms with E-state index in [1.54, 1.807) is 13.8 Å². The zero-order valence-electron chi connectivity index (χ0n) is 11.1. The number of hydrogen-bond acceptors (Lipinski definition) is 0. The molecule has 0 N–H and O–H groups in total. The largest absolute Gasteiger partial charge is 0.206 e. The Bertz CT molecular complexity index is 599. The Labute approximate surface area is 126 Å². The van der Waals surface area contributed by atoms with E-state index in [1.165, 1.54) is 0 Å². The minimum atomic E-state index is -0.258. The molecule has 0 spiro atoms. The van der Waals surface area contributed by atoms with Crippen molar-refractivity contribution in [2.75, 3.05) is 0 Å². The van der Waals surface area contributed by atoms with Crippen LogP contribution in [0.1, 0.15) is 33.2 Å². The Morgan fingerprint density at radius 2 is 1.58 bits per heavy atom. The zero-order valence-corrected chi connectivity index (χ0v) is 13.4. The lowest BCUT2D eigenvalue weighted by Gasteiger charge is -2.15. The minimum Gasteiger partial charge on any atom is -0.206 e. The third kappa shape index (κ3) is 3.01. The minimum absolute atomic E-state index is 0.153. The van der Waals surface area contributed by atoms with E-state index in [0.29, 0.717) is 11.1 Å². The molecule has 0 fully saturated rings. The summed E-state index contributed by atoms with van der Waals surface area (Å²) in [6.45, 7) is 5.56. The third-order valence-electron chi connectivity index (χ3n) is 3.26. The van der Waals surface area contributed by atoms with E-state index >= 15 is 0 Å². The lowest BCUT2D eigenvalue weighted by Crippen LogP contribution is -1.99. The molecule has 19 heavy (non-hydrogen) atoms. The van der Waals surface area contributed by atoms with Crippen LogP contribution < -0.4 is 0 Å². The van der Waals surface area contributed by atoms with Crippen LogP contribution in [-0.2, 0) is 0 Å². The van der Waals surface area contributed by atoms with Gasteiger partial charge in [0.25, 0.3) is 0 Å². The molecule has 0 saturated heterocycles. The maximum atomic E-state index is 13.7. The number of alkyl halides is 1. The number of rotatable bonds is 2. The third-order valence-corrected chi connectivity index (χ3v) is 4.24. The lowest BCUT2D eigenvalue weighted by molar-refractivity contribution is 0.608. The van der Waals surface area contributed by atoms with Gasteiger partial charge in [0.05, 0.1) is 5.38 Å². The molecule has 0 amide bonds. The van der Waals surface area contributed by atoms with Gasteiger partial charge < -0.3 is 0 Å². The van der Waals surface area contributed by atoms with Crippen LogP contribution in [0.3, 0.4) is 0 Å². The molecule has 0 heterocycles. The van der Waals surface area contributed by atoms with Crippen molar-refractivity contribution in [3.63, 3.8) is 0 Å². The van der Waals surface area contributed by atoms with E-state index in [2.05, 4.69) is 15.9 Å². The van der Waals surface area contributed by atoms with Gasteiger partial charge in [-0.2, -0.15) is 0 Å². The summed E-state index contributed by atoms with van der Waals surface area (Å²) >= 11 is 9.99. The maximum absolute atomic E-state index is 13.7. The molecule has 1 unspecified atom stereocenters. The van der Waals surface area contributed by atoms with Crippen molar-refractivity contribution in [1.82, 2.24) is 0 Å². The first-order valence-electron chi connectivity index (χ1n) is 6.07. The summed E-state index contributed by atoms with van der Waals surface area (Å²) < 4.78 is 14.7. The fourth-order valence-electron chi connectivity index (χ4n) is 2.23. The standard InChI is InChI=1S/C16H15BrClF/c1-9-8-13(17)4-5-14(9)15(18)12-6-10(2)16(19)11(3)7-12/h4-8,15H,1-3H3. The monoisotopic (exact) mass is 340 g/mol. The smallest absolute Gasteiger partial charge is 0.129 e. The molecule has 2 aromatic rings. The Morgan fingerprint density at radius 3 is 2.11 bits per heavy atom. The summed E-state index contributed by atoms with van der Waals surface area (Å²) in [4.78, 5) is 0. The summed E-state index contributed by atoms with van der Waals surface area (Å²) in [5.74, 6) is -0.153. The summed E-state index contributed by atoms with van der Waals surface area (Å²) in [6.07, 6.45) is 0. The maximum Gasteiger partial charge on any atom is 0.129 e. The van der Waals surface area contributed by atoms with Crippen molar-refractivity contribution in [1.29, 1.82) is 0 Å². The van der Waals surface area contributed by atoms with Gasteiger partial charge in [0, 0.05) is 4.47 Å². The van der Waals surface area contributed by atoms with E-state index in [1.807, 2.05) is 37.3 Å². The van der Waals surface area contributed by atoms with E-state index in [9.17, 15) is 4.39 Å². The van der Waals surface area contributed by atoms with Gasteiger partial charge in [-0.25, -0.2) is 4.39 Å². The zero-order chi connectivity index (χ0) is 14.2. The highest BCUT2D eigenvalue weighted by molar-refractivity contribution is 9.10. The van der Waals surface area contributed by atoms with Crippen LogP contribution >= 0.6 is 27.5 Å². The first-order valence-corrected chi connectivity index (χ1v) is 7.30. The molecule has 1 atom stereocenters. The van der Waals surface area contributed by atoms with Crippen LogP contribution in [0.2, 0.25) is 0 Å². The highest BCUT2D eigenvalue weighted by Crippen LogP contribution is 2.33. The molecule has 0 bridgehead atoms. The van der Waals surface area contributed by atoms with Crippen molar-refractivity contribution >= 4 is 27.5 Å². The van der Waals surface area contributed by atoms with E-state index in [-0.39, 0.29) is 11.2 Å². The van der Waals surface area contributed by atoms with Gasteiger partial charge in [0.15, 0.2) is 0 Å². The first-order chi connectivity index (χ1) is 8.90.